The number of carbonyl (C=O) groups is 2. The van der Waals surface area contributed by atoms with Crippen LogP contribution in [0.3, 0.4) is 0 Å². The molecule has 0 saturated carbocycles. The van der Waals surface area contributed by atoms with Gasteiger partial charge in [-0.25, -0.2) is 4.79 Å². The summed E-state index contributed by atoms with van der Waals surface area (Å²) >= 11 is 9.97. The van der Waals surface area contributed by atoms with Crippen molar-refractivity contribution in [2.24, 2.45) is 0 Å². The highest BCUT2D eigenvalue weighted by molar-refractivity contribution is 9.10. The van der Waals surface area contributed by atoms with Crippen molar-refractivity contribution >= 4 is 67.9 Å². The summed E-state index contributed by atoms with van der Waals surface area (Å²) in [7, 11) is 0. The van der Waals surface area contributed by atoms with Gasteiger partial charge in [-0.2, -0.15) is 0 Å². The summed E-state index contributed by atoms with van der Waals surface area (Å²) in [4.78, 5) is 26.0. The summed E-state index contributed by atoms with van der Waals surface area (Å²) in [6.45, 7) is 0.459. The van der Waals surface area contributed by atoms with Crippen LogP contribution in [-0.4, -0.2) is 21.3 Å². The molecule has 1 saturated heterocycles. The largest absolute Gasteiger partial charge is 0.489 e. The van der Waals surface area contributed by atoms with Gasteiger partial charge in [0.05, 0.1) is 16.2 Å². The summed E-state index contributed by atoms with van der Waals surface area (Å²) < 4.78 is 7.19. The van der Waals surface area contributed by atoms with Crippen molar-refractivity contribution in [3.8, 4) is 5.75 Å². The molecule has 4 rings (SSSR count). The zero-order chi connectivity index (χ0) is 22.7. The van der Waals surface area contributed by atoms with E-state index in [1.54, 1.807) is 18.2 Å². The number of ether oxygens (including phenoxy) is 1. The molecule has 1 aliphatic rings. The second-order valence-electron chi connectivity index (χ2n) is 6.86. The third-order valence-electron chi connectivity index (χ3n) is 4.64. The van der Waals surface area contributed by atoms with Gasteiger partial charge in [-0.05, 0) is 59.7 Å². The van der Waals surface area contributed by atoms with Gasteiger partial charge in [0.1, 0.15) is 12.4 Å². The van der Waals surface area contributed by atoms with E-state index >= 15 is 0 Å². The topological polar surface area (TPSA) is 66.8 Å². The summed E-state index contributed by atoms with van der Waals surface area (Å²) in [5.41, 5.74) is 2.43. The van der Waals surface area contributed by atoms with Gasteiger partial charge in [0.15, 0.2) is 4.32 Å². The number of amides is 1. The Morgan fingerprint density at radius 1 is 1.09 bits per heavy atom. The van der Waals surface area contributed by atoms with Gasteiger partial charge < -0.3 is 9.84 Å². The lowest BCUT2D eigenvalue weighted by atomic mass is 10.1. The third kappa shape index (κ3) is 5.09. The summed E-state index contributed by atoms with van der Waals surface area (Å²) in [5.74, 6) is -0.614. The number of carboxylic acid groups (broad SMARTS) is 1. The number of anilines is 1. The SMILES string of the molecule is O=C(O)c1cccc(N2C(=O)/C(=C\c3ccc(OCc4ccc(Br)cc4)cc3)SC2=S)c1. The van der Waals surface area contributed by atoms with Gasteiger partial charge in [-0.1, -0.05) is 70.2 Å². The molecule has 160 valence electrons. The molecule has 0 unspecified atom stereocenters. The smallest absolute Gasteiger partial charge is 0.335 e. The molecule has 0 bridgehead atoms. The Bertz CT molecular complexity index is 1220. The number of hydrogen-bond donors (Lipinski definition) is 1. The summed E-state index contributed by atoms with van der Waals surface area (Å²) in [5, 5.41) is 9.20. The highest BCUT2D eigenvalue weighted by atomic mass is 79.9. The predicted molar refractivity (Wildman–Crippen MR) is 134 cm³/mol. The van der Waals surface area contributed by atoms with Crippen LogP contribution in [0, 0.1) is 0 Å². The first-order valence-corrected chi connectivity index (χ1v) is 11.5. The van der Waals surface area contributed by atoms with Gasteiger partial charge in [0, 0.05) is 4.47 Å². The molecule has 1 fully saturated rings. The highest BCUT2D eigenvalue weighted by Crippen LogP contribution is 2.36. The minimum atomic E-state index is -1.06. The monoisotopic (exact) mass is 525 g/mol. The van der Waals surface area contributed by atoms with E-state index in [0.717, 1.165) is 21.3 Å². The van der Waals surface area contributed by atoms with Crippen LogP contribution in [0.4, 0.5) is 5.69 Å². The van der Waals surface area contributed by atoms with Crippen molar-refractivity contribution in [2.75, 3.05) is 4.90 Å². The molecule has 32 heavy (non-hydrogen) atoms. The van der Waals surface area contributed by atoms with Gasteiger partial charge in [0.25, 0.3) is 5.91 Å². The second kappa shape index (κ2) is 9.68. The maximum atomic E-state index is 12.9. The van der Waals surface area contributed by atoms with E-state index in [0.29, 0.717) is 21.5 Å². The zero-order valence-electron chi connectivity index (χ0n) is 16.5. The fraction of sp³-hybridized carbons (Fsp3) is 0.0417. The molecule has 0 aromatic heterocycles. The van der Waals surface area contributed by atoms with Crippen molar-refractivity contribution in [1.82, 2.24) is 0 Å². The highest BCUT2D eigenvalue weighted by Gasteiger charge is 2.33. The Morgan fingerprint density at radius 2 is 1.81 bits per heavy atom. The first kappa shape index (κ1) is 22.3. The Balaban J connectivity index is 1.46. The molecule has 1 aliphatic heterocycles. The molecule has 3 aromatic rings. The quantitative estimate of drug-likeness (QED) is 0.308. The van der Waals surface area contributed by atoms with Crippen LogP contribution in [0.2, 0.25) is 0 Å². The van der Waals surface area contributed by atoms with E-state index in [1.165, 1.54) is 28.8 Å². The van der Waals surface area contributed by atoms with E-state index in [2.05, 4.69) is 15.9 Å². The number of rotatable bonds is 6. The zero-order valence-corrected chi connectivity index (χ0v) is 19.7. The fourth-order valence-electron chi connectivity index (χ4n) is 3.03. The Labute approximate surface area is 202 Å². The van der Waals surface area contributed by atoms with Crippen molar-refractivity contribution in [1.29, 1.82) is 0 Å². The Kier molecular flexibility index (Phi) is 6.74. The van der Waals surface area contributed by atoms with E-state index < -0.39 is 5.97 Å². The molecule has 0 atom stereocenters. The van der Waals surface area contributed by atoms with Crippen molar-refractivity contribution in [3.63, 3.8) is 0 Å². The van der Waals surface area contributed by atoms with E-state index in [1.807, 2.05) is 48.5 Å². The van der Waals surface area contributed by atoms with Crippen LogP contribution in [-0.2, 0) is 11.4 Å². The van der Waals surface area contributed by atoms with Crippen LogP contribution in [0.5, 0.6) is 5.75 Å². The van der Waals surface area contributed by atoms with E-state index in [9.17, 15) is 14.7 Å². The molecule has 0 spiro atoms. The lowest BCUT2D eigenvalue weighted by Gasteiger charge is -2.14. The van der Waals surface area contributed by atoms with Crippen molar-refractivity contribution < 1.29 is 19.4 Å². The second-order valence-corrected chi connectivity index (χ2v) is 9.45. The van der Waals surface area contributed by atoms with E-state index in [4.69, 9.17) is 17.0 Å². The number of thiocarbonyl (C=S) groups is 1. The van der Waals surface area contributed by atoms with Crippen LogP contribution in [0.15, 0.2) is 82.2 Å². The van der Waals surface area contributed by atoms with Crippen LogP contribution >= 0.6 is 39.9 Å². The molecule has 0 aliphatic carbocycles. The minimum Gasteiger partial charge on any atom is -0.489 e. The average Bonchev–Trinajstić information content (AvgIpc) is 3.07. The third-order valence-corrected chi connectivity index (χ3v) is 6.47. The average molecular weight is 526 g/mol. The predicted octanol–water partition coefficient (Wildman–Crippen LogP) is 6.13. The molecule has 1 heterocycles. The standard InChI is InChI=1S/C24H16BrNO4S2/c25-18-8-4-16(5-9-18)14-30-20-10-6-15(7-11-20)12-21-22(27)26(24(31)32-21)19-3-1-2-17(13-19)23(28)29/h1-13H,14H2,(H,28,29)/b21-12+. The van der Waals surface area contributed by atoms with Crippen LogP contribution in [0.1, 0.15) is 21.5 Å². The number of halogens is 1. The lowest BCUT2D eigenvalue weighted by molar-refractivity contribution is -0.113. The number of carboxylic acids is 1. The molecular formula is C24H16BrNO4S2. The molecule has 1 amide bonds. The molecule has 3 aromatic carbocycles. The normalized spacial score (nSPS) is 14.8. The first-order chi connectivity index (χ1) is 15.4. The number of hydrogen-bond acceptors (Lipinski definition) is 5. The number of nitrogens with zero attached hydrogens (tertiary/aromatic N) is 1. The van der Waals surface area contributed by atoms with Crippen molar-refractivity contribution in [3.05, 3.63) is 98.9 Å². The van der Waals surface area contributed by atoms with Gasteiger partial charge in [-0.15, -0.1) is 0 Å². The van der Waals surface area contributed by atoms with Crippen molar-refractivity contribution in [2.45, 2.75) is 6.61 Å². The molecule has 5 nitrogen and oxygen atoms in total. The first-order valence-electron chi connectivity index (χ1n) is 9.49. The number of thioether (sulfide) groups is 1. The molecule has 8 heteroatoms. The maximum absolute atomic E-state index is 12.9. The summed E-state index contributed by atoms with van der Waals surface area (Å²) in [6, 6.07) is 21.5. The summed E-state index contributed by atoms with van der Waals surface area (Å²) in [6.07, 6.45) is 1.76. The lowest BCUT2D eigenvalue weighted by Crippen LogP contribution is -2.27. The number of benzene rings is 3. The van der Waals surface area contributed by atoms with Crippen LogP contribution < -0.4 is 9.64 Å². The fourth-order valence-corrected chi connectivity index (χ4v) is 4.59. The van der Waals surface area contributed by atoms with Crippen LogP contribution in [0.25, 0.3) is 6.08 Å². The maximum Gasteiger partial charge on any atom is 0.335 e. The molecule has 1 N–H and O–H groups in total. The Morgan fingerprint density at radius 3 is 2.50 bits per heavy atom. The number of carbonyl (C=O) groups excluding carboxylic acids is 1. The Hall–Kier alpha value is -2.94. The van der Waals surface area contributed by atoms with Gasteiger partial charge >= 0.3 is 5.97 Å². The van der Waals surface area contributed by atoms with Gasteiger partial charge in [0.2, 0.25) is 0 Å². The van der Waals surface area contributed by atoms with E-state index in [-0.39, 0.29) is 11.5 Å². The minimum absolute atomic E-state index is 0.0965. The van der Waals surface area contributed by atoms with Gasteiger partial charge in [-0.3, -0.25) is 9.69 Å². The molecule has 0 radical (unpaired) electrons. The number of aromatic carboxylic acids is 1. The molecular weight excluding hydrogens is 510 g/mol.